The quantitative estimate of drug-likeness (QED) is 0.634. The molecule has 1 N–H and O–H groups in total. The van der Waals surface area contributed by atoms with Crippen LogP contribution in [0.4, 0.5) is 0 Å². The van der Waals surface area contributed by atoms with Gasteiger partial charge in [-0.3, -0.25) is 14.9 Å². The van der Waals surface area contributed by atoms with E-state index in [9.17, 15) is 14.4 Å². The second-order valence-electron chi connectivity index (χ2n) is 6.27. The van der Waals surface area contributed by atoms with Crippen molar-refractivity contribution in [2.45, 2.75) is 38.0 Å². The molecule has 1 heterocycles. The zero-order valence-corrected chi connectivity index (χ0v) is 14.8. The lowest BCUT2D eigenvalue weighted by Gasteiger charge is -2.22. The topological polar surface area (TPSA) is 90.9 Å². The fourth-order valence-electron chi connectivity index (χ4n) is 3.10. The predicted molar refractivity (Wildman–Crippen MR) is 88.4 cm³/mol. The predicted octanol–water partition coefficient (Wildman–Crippen LogP) is 1.37. The number of methoxy groups -OCH3 is 2. The van der Waals surface area contributed by atoms with Crippen LogP contribution in [0.1, 0.15) is 31.9 Å². The summed E-state index contributed by atoms with van der Waals surface area (Å²) in [5.74, 6) is -2.29. The first-order valence-electron chi connectivity index (χ1n) is 8.01. The van der Waals surface area contributed by atoms with Gasteiger partial charge in [-0.05, 0) is 25.8 Å². The minimum absolute atomic E-state index is 0.200. The van der Waals surface area contributed by atoms with Crippen molar-refractivity contribution in [3.05, 3.63) is 35.9 Å². The molecule has 0 aliphatic carbocycles. The van der Waals surface area contributed by atoms with E-state index in [4.69, 9.17) is 9.47 Å². The molecule has 136 valence electrons. The summed E-state index contributed by atoms with van der Waals surface area (Å²) in [6.07, 6.45) is -0.815. The van der Waals surface area contributed by atoms with Gasteiger partial charge >= 0.3 is 17.9 Å². The summed E-state index contributed by atoms with van der Waals surface area (Å²) in [6.45, 7) is 3.13. The van der Waals surface area contributed by atoms with Crippen LogP contribution in [0.3, 0.4) is 0 Å². The van der Waals surface area contributed by atoms with Gasteiger partial charge in [-0.25, -0.2) is 4.79 Å². The van der Waals surface area contributed by atoms with Gasteiger partial charge in [-0.1, -0.05) is 30.3 Å². The smallest absolute Gasteiger partial charge is 0.346 e. The van der Waals surface area contributed by atoms with E-state index in [1.54, 1.807) is 6.92 Å². The summed E-state index contributed by atoms with van der Waals surface area (Å²) in [4.78, 5) is 36.3. The highest BCUT2D eigenvalue weighted by Crippen LogP contribution is 2.39. The van der Waals surface area contributed by atoms with Crippen molar-refractivity contribution >= 4 is 17.9 Å². The standard InChI is InChI=1S/C18H23NO6/c1-11(15(20)23-3)25-16(21)13-10-18(2,17(22)24-4)19-14(13)12-8-6-5-7-9-12/h5-9,11,13-14,19H,10H2,1-4H3/t11-,13+,14+,18+/m0/s1. The molecule has 0 radical (unpaired) electrons. The van der Waals surface area contributed by atoms with Gasteiger partial charge in [0, 0.05) is 6.04 Å². The van der Waals surface area contributed by atoms with Crippen LogP contribution in [-0.2, 0) is 28.6 Å². The van der Waals surface area contributed by atoms with Crippen LogP contribution in [0.15, 0.2) is 30.3 Å². The van der Waals surface area contributed by atoms with Crippen molar-refractivity contribution in [3.63, 3.8) is 0 Å². The lowest BCUT2D eigenvalue weighted by atomic mass is 9.90. The summed E-state index contributed by atoms with van der Waals surface area (Å²) in [5, 5.41) is 3.19. The lowest BCUT2D eigenvalue weighted by Crippen LogP contribution is -2.45. The lowest BCUT2D eigenvalue weighted by molar-refractivity contribution is -0.167. The molecule has 0 amide bonds. The Kier molecular flexibility index (Phi) is 5.79. The average molecular weight is 349 g/mol. The molecule has 2 rings (SSSR count). The fraction of sp³-hybridized carbons (Fsp3) is 0.500. The van der Waals surface area contributed by atoms with Crippen LogP contribution in [0.25, 0.3) is 0 Å². The molecule has 1 fully saturated rings. The number of benzene rings is 1. The summed E-state index contributed by atoms with van der Waals surface area (Å²) < 4.78 is 14.7. The molecule has 1 aromatic rings. The van der Waals surface area contributed by atoms with Gasteiger partial charge in [0.15, 0.2) is 6.10 Å². The Morgan fingerprint density at radius 1 is 1.16 bits per heavy atom. The van der Waals surface area contributed by atoms with Crippen LogP contribution in [-0.4, -0.2) is 43.8 Å². The van der Waals surface area contributed by atoms with E-state index in [1.165, 1.54) is 21.1 Å². The Balaban J connectivity index is 2.27. The van der Waals surface area contributed by atoms with Crippen LogP contribution < -0.4 is 5.32 Å². The van der Waals surface area contributed by atoms with Crippen molar-refractivity contribution in [3.8, 4) is 0 Å². The molecule has 1 saturated heterocycles. The SMILES string of the molecule is COC(=O)[C@H](C)OC(=O)[C@@H]1C[C@](C)(C(=O)OC)N[C@@H]1c1ccccc1. The number of carbonyl (C=O) groups is 3. The van der Waals surface area contributed by atoms with Crippen molar-refractivity contribution in [1.29, 1.82) is 0 Å². The van der Waals surface area contributed by atoms with E-state index in [1.807, 2.05) is 30.3 Å². The number of esters is 3. The van der Waals surface area contributed by atoms with Crippen molar-refractivity contribution in [2.75, 3.05) is 14.2 Å². The van der Waals surface area contributed by atoms with Crippen molar-refractivity contribution in [1.82, 2.24) is 5.32 Å². The molecular weight excluding hydrogens is 326 g/mol. The molecule has 0 aromatic heterocycles. The maximum Gasteiger partial charge on any atom is 0.346 e. The Morgan fingerprint density at radius 2 is 1.80 bits per heavy atom. The number of hydrogen-bond acceptors (Lipinski definition) is 7. The second-order valence-corrected chi connectivity index (χ2v) is 6.27. The highest BCUT2D eigenvalue weighted by Gasteiger charge is 2.51. The van der Waals surface area contributed by atoms with E-state index in [-0.39, 0.29) is 6.42 Å². The second kappa shape index (κ2) is 7.65. The molecule has 25 heavy (non-hydrogen) atoms. The monoisotopic (exact) mass is 349 g/mol. The first kappa shape index (κ1) is 18.9. The van der Waals surface area contributed by atoms with E-state index in [2.05, 4.69) is 10.1 Å². The minimum atomic E-state index is -1.02. The number of nitrogens with one attached hydrogen (secondary N) is 1. The van der Waals surface area contributed by atoms with Crippen LogP contribution in [0.5, 0.6) is 0 Å². The highest BCUT2D eigenvalue weighted by molar-refractivity contribution is 5.85. The minimum Gasteiger partial charge on any atom is -0.468 e. The molecule has 4 atom stereocenters. The van der Waals surface area contributed by atoms with E-state index >= 15 is 0 Å². The molecule has 1 aromatic carbocycles. The third kappa shape index (κ3) is 3.99. The number of rotatable bonds is 5. The Morgan fingerprint density at radius 3 is 2.36 bits per heavy atom. The van der Waals surface area contributed by atoms with Crippen LogP contribution in [0.2, 0.25) is 0 Å². The van der Waals surface area contributed by atoms with Crippen molar-refractivity contribution in [2.24, 2.45) is 5.92 Å². The maximum absolute atomic E-state index is 12.6. The number of hydrogen-bond donors (Lipinski definition) is 1. The zero-order chi connectivity index (χ0) is 18.6. The summed E-state index contributed by atoms with van der Waals surface area (Å²) in [6, 6.07) is 8.87. The van der Waals surface area contributed by atoms with Crippen LogP contribution >= 0.6 is 0 Å². The zero-order valence-electron chi connectivity index (χ0n) is 14.8. The molecule has 0 unspecified atom stereocenters. The van der Waals surface area contributed by atoms with Gasteiger partial charge in [0.2, 0.25) is 0 Å². The summed E-state index contributed by atoms with van der Waals surface area (Å²) >= 11 is 0. The Hall–Kier alpha value is -2.41. The summed E-state index contributed by atoms with van der Waals surface area (Å²) in [7, 11) is 2.53. The van der Waals surface area contributed by atoms with Gasteiger partial charge in [0.25, 0.3) is 0 Å². The highest BCUT2D eigenvalue weighted by atomic mass is 16.6. The molecular formula is C18H23NO6. The molecule has 0 saturated carbocycles. The van der Waals surface area contributed by atoms with E-state index in [0.29, 0.717) is 0 Å². The first-order valence-corrected chi connectivity index (χ1v) is 8.01. The third-order valence-electron chi connectivity index (χ3n) is 4.43. The normalized spacial score (nSPS) is 26.6. The van der Waals surface area contributed by atoms with Gasteiger partial charge in [-0.15, -0.1) is 0 Å². The molecule has 1 aliphatic heterocycles. The largest absolute Gasteiger partial charge is 0.468 e. The van der Waals surface area contributed by atoms with Gasteiger partial charge in [-0.2, -0.15) is 0 Å². The Bertz CT molecular complexity index is 646. The van der Waals surface area contributed by atoms with Gasteiger partial charge in [0.05, 0.1) is 20.1 Å². The van der Waals surface area contributed by atoms with E-state index in [0.717, 1.165) is 5.56 Å². The maximum atomic E-state index is 12.6. The van der Waals surface area contributed by atoms with Crippen LogP contribution in [0, 0.1) is 5.92 Å². The number of ether oxygens (including phenoxy) is 3. The molecule has 7 nitrogen and oxygen atoms in total. The average Bonchev–Trinajstić information content (AvgIpc) is 3.00. The van der Waals surface area contributed by atoms with Crippen molar-refractivity contribution < 1.29 is 28.6 Å². The third-order valence-corrected chi connectivity index (χ3v) is 4.43. The van der Waals surface area contributed by atoms with E-state index < -0.39 is 41.5 Å². The molecule has 0 spiro atoms. The van der Waals surface area contributed by atoms with Gasteiger partial charge < -0.3 is 14.2 Å². The van der Waals surface area contributed by atoms with Gasteiger partial charge in [0.1, 0.15) is 5.54 Å². The first-order chi connectivity index (χ1) is 11.8. The fourth-order valence-corrected chi connectivity index (χ4v) is 3.10. The molecule has 0 bridgehead atoms. The number of carbonyl (C=O) groups excluding carboxylic acids is 3. The molecule has 7 heteroatoms. The molecule has 1 aliphatic rings. The summed E-state index contributed by atoms with van der Waals surface area (Å²) in [5.41, 5.74) is -0.171. The Labute approximate surface area is 146 Å².